The minimum absolute atomic E-state index is 0.0418. The second-order valence-corrected chi connectivity index (χ2v) is 6.60. The number of hydrogen-bond donors (Lipinski definition) is 0. The van der Waals surface area contributed by atoms with Crippen molar-refractivity contribution in [3.8, 4) is 11.6 Å². The first-order chi connectivity index (χ1) is 12.0. The maximum absolute atomic E-state index is 12.1. The normalized spacial score (nSPS) is 14.7. The fourth-order valence-corrected chi connectivity index (χ4v) is 2.81. The highest BCUT2D eigenvalue weighted by molar-refractivity contribution is 5.78. The van der Waals surface area contributed by atoms with E-state index in [4.69, 9.17) is 4.74 Å². The summed E-state index contributed by atoms with van der Waals surface area (Å²) in [5.74, 6) is 2.36. The van der Waals surface area contributed by atoms with E-state index in [1.54, 1.807) is 0 Å². The Bertz CT molecular complexity index is 722. The van der Waals surface area contributed by atoms with Crippen LogP contribution in [0.1, 0.15) is 19.4 Å². The topological polar surface area (TPSA) is 58.6 Å². The van der Waals surface area contributed by atoms with Crippen molar-refractivity contribution in [1.82, 2.24) is 14.9 Å². The second-order valence-electron chi connectivity index (χ2n) is 6.60. The molecule has 0 unspecified atom stereocenters. The monoisotopic (exact) mass is 340 g/mol. The summed E-state index contributed by atoms with van der Waals surface area (Å²) in [5.41, 5.74) is 1.18. The van der Waals surface area contributed by atoms with Crippen molar-refractivity contribution in [3.05, 3.63) is 42.2 Å². The summed E-state index contributed by atoms with van der Waals surface area (Å²) in [6.07, 6.45) is 1.52. The van der Waals surface area contributed by atoms with Crippen molar-refractivity contribution < 1.29 is 9.53 Å². The van der Waals surface area contributed by atoms with Gasteiger partial charge in [0, 0.05) is 38.2 Å². The molecular formula is C19H24N4O2. The lowest BCUT2D eigenvalue weighted by atomic mass is 10.1. The summed E-state index contributed by atoms with van der Waals surface area (Å²) >= 11 is 0. The van der Waals surface area contributed by atoms with Crippen molar-refractivity contribution in [2.45, 2.75) is 20.8 Å². The van der Waals surface area contributed by atoms with Crippen LogP contribution in [0, 0.1) is 12.8 Å². The first-order valence-electron chi connectivity index (χ1n) is 8.63. The van der Waals surface area contributed by atoms with Crippen LogP contribution >= 0.6 is 0 Å². The Morgan fingerprint density at radius 1 is 1.08 bits per heavy atom. The predicted molar refractivity (Wildman–Crippen MR) is 96.9 cm³/mol. The minimum atomic E-state index is 0.0418. The third-order valence-electron chi connectivity index (χ3n) is 4.28. The van der Waals surface area contributed by atoms with Gasteiger partial charge in [-0.15, -0.1) is 0 Å². The number of carbonyl (C=O) groups excluding carboxylic acids is 1. The molecule has 6 heteroatoms. The minimum Gasteiger partial charge on any atom is -0.439 e. The van der Waals surface area contributed by atoms with Gasteiger partial charge in [-0.3, -0.25) is 4.79 Å². The van der Waals surface area contributed by atoms with Crippen LogP contribution in [0.2, 0.25) is 0 Å². The fraction of sp³-hybridized carbons (Fsp3) is 0.421. The van der Waals surface area contributed by atoms with E-state index < -0.39 is 0 Å². The van der Waals surface area contributed by atoms with Gasteiger partial charge in [-0.1, -0.05) is 31.5 Å². The predicted octanol–water partition coefficient (Wildman–Crippen LogP) is 2.88. The molecule has 0 aliphatic carbocycles. The third kappa shape index (κ3) is 4.26. The number of hydrogen-bond acceptors (Lipinski definition) is 5. The Balaban J connectivity index is 1.64. The first-order valence-corrected chi connectivity index (χ1v) is 8.63. The number of rotatable bonds is 4. The lowest BCUT2D eigenvalue weighted by Crippen LogP contribution is -2.50. The van der Waals surface area contributed by atoms with Crippen LogP contribution in [0.4, 0.5) is 5.82 Å². The summed E-state index contributed by atoms with van der Waals surface area (Å²) in [4.78, 5) is 24.7. The van der Waals surface area contributed by atoms with Crippen molar-refractivity contribution in [3.63, 3.8) is 0 Å². The molecule has 3 rings (SSSR count). The number of anilines is 1. The smallest absolute Gasteiger partial charge is 0.225 e. The Hall–Kier alpha value is -2.63. The molecule has 0 atom stereocenters. The SMILES string of the molecule is Cc1ccc(Oc2cc(N3CCN(C(=O)C(C)C)CC3)ncn2)cc1. The van der Waals surface area contributed by atoms with Gasteiger partial charge in [0.15, 0.2) is 0 Å². The molecule has 1 fully saturated rings. The molecule has 25 heavy (non-hydrogen) atoms. The van der Waals surface area contributed by atoms with E-state index in [0.717, 1.165) is 37.7 Å². The van der Waals surface area contributed by atoms with Crippen LogP contribution in [0.15, 0.2) is 36.7 Å². The Labute approximate surface area is 148 Å². The Morgan fingerprint density at radius 2 is 1.76 bits per heavy atom. The van der Waals surface area contributed by atoms with E-state index in [-0.39, 0.29) is 11.8 Å². The quantitative estimate of drug-likeness (QED) is 0.856. The standard InChI is InChI=1S/C19H24N4O2/c1-14(2)19(24)23-10-8-22(9-11-23)17-12-18(21-13-20-17)25-16-6-4-15(3)5-7-16/h4-7,12-14H,8-11H2,1-3H3. The largest absolute Gasteiger partial charge is 0.439 e. The number of aryl methyl sites for hydroxylation is 1. The second kappa shape index (κ2) is 7.51. The average molecular weight is 340 g/mol. The van der Waals surface area contributed by atoms with Crippen LogP contribution in [0.5, 0.6) is 11.6 Å². The average Bonchev–Trinajstić information content (AvgIpc) is 2.63. The molecule has 2 heterocycles. The number of aromatic nitrogens is 2. The van der Waals surface area contributed by atoms with E-state index in [9.17, 15) is 4.79 Å². The number of amides is 1. The molecule has 0 N–H and O–H groups in total. The van der Waals surface area contributed by atoms with E-state index in [2.05, 4.69) is 14.9 Å². The first kappa shape index (κ1) is 17.2. The zero-order valence-corrected chi connectivity index (χ0v) is 15.0. The molecular weight excluding hydrogens is 316 g/mol. The number of piperazine rings is 1. The molecule has 2 aromatic rings. The van der Waals surface area contributed by atoms with Gasteiger partial charge >= 0.3 is 0 Å². The lowest BCUT2D eigenvalue weighted by molar-refractivity contribution is -0.134. The summed E-state index contributed by atoms with van der Waals surface area (Å²) < 4.78 is 5.81. The maximum Gasteiger partial charge on any atom is 0.225 e. The summed E-state index contributed by atoms with van der Waals surface area (Å²) in [7, 11) is 0. The number of carbonyl (C=O) groups is 1. The van der Waals surface area contributed by atoms with Crippen LogP contribution in [-0.2, 0) is 4.79 Å². The number of nitrogens with zero attached hydrogens (tertiary/aromatic N) is 4. The van der Waals surface area contributed by atoms with Crippen molar-refractivity contribution in [2.75, 3.05) is 31.1 Å². The molecule has 0 bridgehead atoms. The fourth-order valence-electron chi connectivity index (χ4n) is 2.81. The zero-order valence-electron chi connectivity index (χ0n) is 15.0. The van der Waals surface area contributed by atoms with Crippen molar-refractivity contribution in [2.24, 2.45) is 5.92 Å². The van der Waals surface area contributed by atoms with Crippen LogP contribution < -0.4 is 9.64 Å². The zero-order chi connectivity index (χ0) is 17.8. The lowest BCUT2D eigenvalue weighted by Gasteiger charge is -2.36. The van der Waals surface area contributed by atoms with E-state index >= 15 is 0 Å². The highest BCUT2D eigenvalue weighted by Gasteiger charge is 2.23. The van der Waals surface area contributed by atoms with Crippen LogP contribution in [-0.4, -0.2) is 47.0 Å². The van der Waals surface area contributed by atoms with E-state index in [1.165, 1.54) is 11.9 Å². The van der Waals surface area contributed by atoms with Crippen molar-refractivity contribution in [1.29, 1.82) is 0 Å². The Morgan fingerprint density at radius 3 is 2.40 bits per heavy atom. The molecule has 0 radical (unpaired) electrons. The molecule has 132 valence electrons. The number of benzene rings is 1. The highest BCUT2D eigenvalue weighted by Crippen LogP contribution is 2.23. The Kier molecular flexibility index (Phi) is 5.16. The van der Waals surface area contributed by atoms with Gasteiger partial charge in [-0.05, 0) is 19.1 Å². The summed E-state index contributed by atoms with van der Waals surface area (Å²) in [6, 6.07) is 9.70. The van der Waals surface area contributed by atoms with Crippen LogP contribution in [0.3, 0.4) is 0 Å². The molecule has 0 saturated carbocycles. The summed E-state index contributed by atoms with van der Waals surface area (Å²) in [5, 5.41) is 0. The highest BCUT2D eigenvalue weighted by atomic mass is 16.5. The summed E-state index contributed by atoms with van der Waals surface area (Å²) in [6.45, 7) is 8.88. The van der Waals surface area contributed by atoms with Gasteiger partial charge < -0.3 is 14.5 Å². The van der Waals surface area contributed by atoms with Gasteiger partial charge in [0.1, 0.15) is 17.9 Å². The van der Waals surface area contributed by atoms with E-state index in [1.807, 2.05) is 56.0 Å². The molecule has 1 amide bonds. The van der Waals surface area contributed by atoms with Gasteiger partial charge in [-0.2, -0.15) is 0 Å². The van der Waals surface area contributed by atoms with Crippen molar-refractivity contribution >= 4 is 11.7 Å². The molecule has 1 aliphatic heterocycles. The van der Waals surface area contributed by atoms with Crippen LogP contribution in [0.25, 0.3) is 0 Å². The molecule has 1 aromatic heterocycles. The number of ether oxygens (including phenoxy) is 1. The molecule has 1 aliphatic rings. The van der Waals surface area contributed by atoms with Gasteiger partial charge in [0.25, 0.3) is 0 Å². The van der Waals surface area contributed by atoms with Gasteiger partial charge in [-0.25, -0.2) is 9.97 Å². The molecule has 6 nitrogen and oxygen atoms in total. The maximum atomic E-state index is 12.1. The third-order valence-corrected chi connectivity index (χ3v) is 4.28. The molecule has 1 aromatic carbocycles. The van der Waals surface area contributed by atoms with Gasteiger partial charge in [0.05, 0.1) is 0 Å². The van der Waals surface area contributed by atoms with Gasteiger partial charge in [0.2, 0.25) is 11.8 Å². The van der Waals surface area contributed by atoms with E-state index in [0.29, 0.717) is 5.88 Å². The molecule has 0 spiro atoms. The molecule has 1 saturated heterocycles.